The maximum Gasteiger partial charge on any atom is 0.433 e. The van der Waals surface area contributed by atoms with Crippen molar-refractivity contribution in [2.24, 2.45) is 0 Å². The van der Waals surface area contributed by atoms with Crippen molar-refractivity contribution in [2.45, 2.75) is 12.7 Å². The van der Waals surface area contributed by atoms with Gasteiger partial charge in [0.1, 0.15) is 11.5 Å². The van der Waals surface area contributed by atoms with E-state index in [-0.39, 0.29) is 12.4 Å². The second kappa shape index (κ2) is 4.53. The molecule has 2 aromatic rings. The largest absolute Gasteiger partial charge is 0.433 e. The summed E-state index contributed by atoms with van der Waals surface area (Å²) in [5.41, 5.74) is 5.05. The highest BCUT2D eigenvalue weighted by molar-refractivity contribution is 6.30. The van der Waals surface area contributed by atoms with Gasteiger partial charge in [-0.15, -0.1) is 0 Å². The first-order chi connectivity index (χ1) is 8.36. The molecule has 0 unspecified atom stereocenters. The zero-order chi connectivity index (χ0) is 13.3. The Bertz CT molecular complexity index is 563. The van der Waals surface area contributed by atoms with Gasteiger partial charge in [-0.3, -0.25) is 4.68 Å². The Morgan fingerprint density at radius 3 is 2.61 bits per heavy atom. The number of aromatic nitrogens is 2. The summed E-state index contributed by atoms with van der Waals surface area (Å²) in [4.78, 5) is 0. The van der Waals surface area contributed by atoms with Crippen molar-refractivity contribution in [1.29, 1.82) is 0 Å². The number of nitrogens with two attached hydrogens (primary N) is 1. The van der Waals surface area contributed by atoms with E-state index in [4.69, 9.17) is 17.3 Å². The van der Waals surface area contributed by atoms with Gasteiger partial charge in [-0.05, 0) is 17.7 Å². The van der Waals surface area contributed by atoms with Crippen LogP contribution < -0.4 is 5.73 Å². The number of hydrogen-bond acceptors (Lipinski definition) is 2. The minimum absolute atomic E-state index is 0.0351. The van der Waals surface area contributed by atoms with Gasteiger partial charge in [0.15, 0.2) is 0 Å². The lowest BCUT2D eigenvalue weighted by molar-refractivity contribution is -0.144. The van der Waals surface area contributed by atoms with Crippen LogP contribution in [0.15, 0.2) is 30.3 Å². The minimum Gasteiger partial charge on any atom is -0.382 e. The number of hydrogen-bond donors (Lipinski definition) is 1. The molecule has 1 aromatic heterocycles. The molecule has 0 saturated heterocycles. The molecule has 0 atom stereocenters. The van der Waals surface area contributed by atoms with Crippen LogP contribution in [0.3, 0.4) is 0 Å². The maximum atomic E-state index is 12.7. The van der Waals surface area contributed by atoms with Crippen LogP contribution in [-0.2, 0) is 12.7 Å². The van der Waals surface area contributed by atoms with Crippen molar-refractivity contribution in [1.82, 2.24) is 9.78 Å². The topological polar surface area (TPSA) is 43.8 Å². The van der Waals surface area contributed by atoms with Crippen molar-refractivity contribution in [3.8, 4) is 0 Å². The molecule has 0 spiro atoms. The van der Waals surface area contributed by atoms with Crippen LogP contribution in [0, 0.1) is 0 Å². The zero-order valence-electron chi connectivity index (χ0n) is 9.08. The lowest BCUT2D eigenvalue weighted by Crippen LogP contribution is -2.15. The average molecular weight is 276 g/mol. The molecule has 1 aromatic carbocycles. The van der Waals surface area contributed by atoms with E-state index in [2.05, 4.69) is 5.10 Å². The Hall–Kier alpha value is -1.69. The zero-order valence-corrected chi connectivity index (χ0v) is 9.83. The van der Waals surface area contributed by atoms with E-state index in [1.54, 1.807) is 24.3 Å². The maximum absolute atomic E-state index is 12.7. The predicted octanol–water partition coefficient (Wildman–Crippen LogP) is 3.19. The van der Waals surface area contributed by atoms with Gasteiger partial charge < -0.3 is 5.73 Å². The van der Waals surface area contributed by atoms with E-state index in [9.17, 15) is 13.2 Å². The quantitative estimate of drug-likeness (QED) is 0.915. The van der Waals surface area contributed by atoms with Crippen molar-refractivity contribution >= 4 is 17.4 Å². The molecule has 7 heteroatoms. The molecule has 2 rings (SSSR count). The molecule has 0 bridgehead atoms. The first-order valence-electron chi connectivity index (χ1n) is 5.01. The molecule has 1 heterocycles. The molecule has 0 fully saturated rings. The summed E-state index contributed by atoms with van der Waals surface area (Å²) in [6.07, 6.45) is -4.48. The molecule has 96 valence electrons. The second-order valence-corrected chi connectivity index (χ2v) is 4.18. The fraction of sp³-hybridized carbons (Fsp3) is 0.182. The van der Waals surface area contributed by atoms with Gasteiger partial charge >= 0.3 is 6.18 Å². The number of nitrogen functional groups attached to an aromatic ring is 1. The van der Waals surface area contributed by atoms with E-state index in [1.807, 2.05) is 0 Å². The van der Waals surface area contributed by atoms with Gasteiger partial charge in [0.25, 0.3) is 0 Å². The molecule has 0 aliphatic rings. The summed E-state index contributed by atoms with van der Waals surface area (Å²) in [5, 5.41) is 4.09. The molecule has 0 aliphatic heterocycles. The Morgan fingerprint density at radius 1 is 1.28 bits per heavy atom. The van der Waals surface area contributed by atoms with E-state index in [0.29, 0.717) is 10.6 Å². The lowest BCUT2D eigenvalue weighted by atomic mass is 10.2. The summed E-state index contributed by atoms with van der Waals surface area (Å²) < 4.78 is 38.9. The highest BCUT2D eigenvalue weighted by Gasteiger charge is 2.35. The third-order valence-electron chi connectivity index (χ3n) is 2.31. The average Bonchev–Trinajstić information content (AvgIpc) is 2.59. The lowest BCUT2D eigenvalue weighted by Gasteiger charge is -2.10. The minimum atomic E-state index is -4.48. The summed E-state index contributed by atoms with van der Waals surface area (Å²) in [6, 6.07) is 7.37. The number of anilines is 1. The first-order valence-corrected chi connectivity index (χ1v) is 5.39. The highest BCUT2D eigenvalue weighted by atomic mass is 35.5. The first kappa shape index (κ1) is 12.8. The molecular weight excluding hydrogens is 267 g/mol. The van der Waals surface area contributed by atoms with Gasteiger partial charge in [0.2, 0.25) is 0 Å². The van der Waals surface area contributed by atoms with E-state index in [1.165, 1.54) is 0 Å². The van der Waals surface area contributed by atoms with Crippen LogP contribution in [0.2, 0.25) is 5.02 Å². The molecule has 2 N–H and O–H groups in total. The SMILES string of the molecule is Nc1cc(C(F)(F)F)n(Cc2cccc(Cl)c2)n1. The van der Waals surface area contributed by atoms with Crippen molar-refractivity contribution in [3.63, 3.8) is 0 Å². The molecule has 0 saturated carbocycles. The monoisotopic (exact) mass is 275 g/mol. The van der Waals surface area contributed by atoms with Crippen LogP contribution >= 0.6 is 11.6 Å². The Kier molecular flexibility index (Phi) is 3.21. The summed E-state index contributed by atoms with van der Waals surface area (Å²) >= 11 is 5.77. The smallest absolute Gasteiger partial charge is 0.382 e. The third-order valence-corrected chi connectivity index (χ3v) is 2.55. The van der Waals surface area contributed by atoms with E-state index < -0.39 is 11.9 Å². The molecular formula is C11H9ClF3N3. The standard InChI is InChI=1S/C11H9ClF3N3/c12-8-3-1-2-7(4-8)6-18-9(11(13,14)15)5-10(16)17-18/h1-5H,6H2,(H2,16,17). The van der Waals surface area contributed by atoms with Crippen LogP contribution in [0.25, 0.3) is 0 Å². The number of alkyl halides is 3. The fourth-order valence-electron chi connectivity index (χ4n) is 1.59. The molecule has 0 aliphatic carbocycles. The fourth-order valence-corrected chi connectivity index (χ4v) is 1.81. The Balaban J connectivity index is 2.35. The summed E-state index contributed by atoms with van der Waals surface area (Å²) in [5.74, 6) is -0.163. The number of halogens is 4. The molecule has 0 amide bonds. The van der Waals surface area contributed by atoms with Gasteiger partial charge in [0, 0.05) is 11.1 Å². The number of benzene rings is 1. The van der Waals surface area contributed by atoms with Crippen molar-refractivity contribution in [2.75, 3.05) is 5.73 Å². The predicted molar refractivity (Wildman–Crippen MR) is 62.2 cm³/mol. The van der Waals surface area contributed by atoms with Gasteiger partial charge in [-0.1, -0.05) is 23.7 Å². The summed E-state index contributed by atoms with van der Waals surface area (Å²) in [7, 11) is 0. The van der Waals surface area contributed by atoms with Crippen LogP contribution in [0.4, 0.5) is 19.0 Å². The van der Waals surface area contributed by atoms with E-state index >= 15 is 0 Å². The second-order valence-electron chi connectivity index (χ2n) is 3.74. The van der Waals surface area contributed by atoms with Crippen LogP contribution in [-0.4, -0.2) is 9.78 Å². The molecule has 0 radical (unpaired) electrons. The molecule has 3 nitrogen and oxygen atoms in total. The van der Waals surface area contributed by atoms with Crippen molar-refractivity contribution < 1.29 is 13.2 Å². The van der Waals surface area contributed by atoms with E-state index in [0.717, 1.165) is 10.7 Å². The van der Waals surface area contributed by atoms with Crippen molar-refractivity contribution in [3.05, 3.63) is 46.6 Å². The van der Waals surface area contributed by atoms with Gasteiger partial charge in [-0.2, -0.15) is 18.3 Å². The summed E-state index contributed by atoms with van der Waals surface area (Å²) in [6.45, 7) is -0.0351. The van der Waals surface area contributed by atoms with Gasteiger partial charge in [-0.25, -0.2) is 0 Å². The number of rotatable bonds is 2. The van der Waals surface area contributed by atoms with Crippen LogP contribution in [0.1, 0.15) is 11.3 Å². The van der Waals surface area contributed by atoms with Gasteiger partial charge in [0.05, 0.1) is 6.54 Å². The highest BCUT2D eigenvalue weighted by Crippen LogP contribution is 2.30. The third kappa shape index (κ3) is 2.76. The van der Waals surface area contributed by atoms with Crippen LogP contribution in [0.5, 0.6) is 0 Å². The number of nitrogens with zero attached hydrogens (tertiary/aromatic N) is 2. The molecule has 18 heavy (non-hydrogen) atoms. The normalized spacial score (nSPS) is 11.8. The Labute approximate surface area is 106 Å². The Morgan fingerprint density at radius 2 is 2.00 bits per heavy atom.